The number of amides is 2. The fourth-order valence-electron chi connectivity index (χ4n) is 3.07. The van der Waals surface area contributed by atoms with Crippen LogP contribution in [0, 0.1) is 0 Å². The second-order valence-electron chi connectivity index (χ2n) is 5.94. The Labute approximate surface area is 135 Å². The number of carbonyl (C=O) groups is 1. The van der Waals surface area contributed by atoms with Gasteiger partial charge in [0.05, 0.1) is 24.0 Å². The van der Waals surface area contributed by atoms with Gasteiger partial charge in [-0.1, -0.05) is 24.4 Å². The van der Waals surface area contributed by atoms with Gasteiger partial charge in [0.15, 0.2) is 0 Å². The first-order valence-corrected chi connectivity index (χ1v) is 8.28. The highest BCUT2D eigenvalue weighted by atomic mass is 35.5. The van der Waals surface area contributed by atoms with Crippen molar-refractivity contribution < 1.29 is 9.53 Å². The molecule has 1 N–H and O–H groups in total. The lowest BCUT2D eigenvalue weighted by atomic mass is 10.1. The number of carbonyl (C=O) groups excluding carboxylic acids is 1. The smallest absolute Gasteiger partial charge is 0.317 e. The van der Waals surface area contributed by atoms with E-state index in [9.17, 15) is 4.79 Å². The number of nitrogens with one attached hydrogen (secondary N) is 1. The molecule has 0 aromatic carbocycles. The van der Waals surface area contributed by atoms with Crippen molar-refractivity contribution in [2.24, 2.45) is 0 Å². The van der Waals surface area contributed by atoms with Gasteiger partial charge in [-0.2, -0.15) is 0 Å². The van der Waals surface area contributed by atoms with Crippen molar-refractivity contribution in [1.82, 2.24) is 20.2 Å². The summed E-state index contributed by atoms with van der Waals surface area (Å²) in [6.45, 7) is 1.35. The number of rotatable bonds is 3. The molecule has 0 spiro atoms. The molecule has 0 bridgehead atoms. The lowest BCUT2D eigenvalue weighted by Gasteiger charge is -2.33. The molecule has 1 aromatic rings. The minimum Gasteiger partial charge on any atom is -0.458 e. The number of piperidine rings is 1. The SMILES string of the molecule is O=C(NC1CCCC1)N1CCCC(Oc2ncc(Cl)cn2)C1. The Hall–Kier alpha value is -1.56. The molecule has 120 valence electrons. The number of halogens is 1. The molecule has 1 saturated heterocycles. The molecule has 1 atom stereocenters. The van der Waals surface area contributed by atoms with Crippen LogP contribution in [0.15, 0.2) is 12.4 Å². The zero-order valence-corrected chi connectivity index (χ0v) is 13.3. The summed E-state index contributed by atoms with van der Waals surface area (Å²) in [5.41, 5.74) is 0. The number of aromatic nitrogens is 2. The summed E-state index contributed by atoms with van der Waals surface area (Å²) in [7, 11) is 0. The lowest BCUT2D eigenvalue weighted by Crippen LogP contribution is -2.50. The van der Waals surface area contributed by atoms with Crippen LogP contribution in [0.3, 0.4) is 0 Å². The topological polar surface area (TPSA) is 67.4 Å². The molecule has 6 nitrogen and oxygen atoms in total. The Kier molecular flexibility index (Phi) is 4.97. The zero-order chi connectivity index (χ0) is 15.4. The molecule has 22 heavy (non-hydrogen) atoms. The number of ether oxygens (including phenoxy) is 1. The molecule has 1 saturated carbocycles. The van der Waals surface area contributed by atoms with Crippen LogP contribution in [0.4, 0.5) is 4.79 Å². The Bertz CT molecular complexity index is 505. The number of hydrogen-bond acceptors (Lipinski definition) is 4. The summed E-state index contributed by atoms with van der Waals surface area (Å²) in [4.78, 5) is 22.2. The second-order valence-corrected chi connectivity index (χ2v) is 6.38. The quantitative estimate of drug-likeness (QED) is 0.928. The summed E-state index contributed by atoms with van der Waals surface area (Å²) in [6, 6.07) is 0.679. The van der Waals surface area contributed by atoms with E-state index in [1.165, 1.54) is 25.2 Å². The van der Waals surface area contributed by atoms with Crippen LogP contribution in [0.5, 0.6) is 6.01 Å². The van der Waals surface area contributed by atoms with Crippen molar-refractivity contribution in [1.29, 1.82) is 0 Å². The predicted octanol–water partition coefficient (Wildman–Crippen LogP) is 2.63. The fraction of sp³-hybridized carbons (Fsp3) is 0.667. The number of urea groups is 1. The Balaban J connectivity index is 1.52. The van der Waals surface area contributed by atoms with Gasteiger partial charge in [-0.25, -0.2) is 14.8 Å². The molecule has 2 aliphatic rings. The number of likely N-dealkylation sites (tertiary alicyclic amines) is 1. The van der Waals surface area contributed by atoms with Gasteiger partial charge >= 0.3 is 12.0 Å². The minimum atomic E-state index is -0.0655. The normalized spacial score (nSPS) is 22.6. The zero-order valence-electron chi connectivity index (χ0n) is 12.5. The van der Waals surface area contributed by atoms with Gasteiger partial charge in [0, 0.05) is 12.6 Å². The van der Waals surface area contributed by atoms with E-state index in [1.54, 1.807) is 0 Å². The molecular formula is C15H21ClN4O2. The molecule has 2 amide bonds. The molecule has 7 heteroatoms. The van der Waals surface area contributed by atoms with Crippen molar-refractivity contribution >= 4 is 17.6 Å². The summed E-state index contributed by atoms with van der Waals surface area (Å²) < 4.78 is 5.76. The molecular weight excluding hydrogens is 304 g/mol. The fourth-order valence-corrected chi connectivity index (χ4v) is 3.16. The van der Waals surface area contributed by atoms with Crippen LogP contribution in [-0.2, 0) is 0 Å². The Morgan fingerprint density at radius 1 is 1.23 bits per heavy atom. The van der Waals surface area contributed by atoms with E-state index in [2.05, 4.69) is 15.3 Å². The average Bonchev–Trinajstić information content (AvgIpc) is 3.03. The molecule has 1 aromatic heterocycles. The van der Waals surface area contributed by atoms with Crippen molar-refractivity contribution in [2.45, 2.75) is 50.7 Å². The van der Waals surface area contributed by atoms with Crippen LogP contribution in [0.2, 0.25) is 5.02 Å². The molecule has 0 radical (unpaired) electrons. The predicted molar refractivity (Wildman–Crippen MR) is 83.1 cm³/mol. The molecule has 2 fully saturated rings. The third-order valence-electron chi connectivity index (χ3n) is 4.22. The standard InChI is InChI=1S/C15H21ClN4O2/c16-11-8-17-14(18-9-11)22-13-6-3-7-20(10-13)15(21)19-12-4-1-2-5-12/h8-9,12-13H,1-7,10H2,(H,19,21). The van der Waals surface area contributed by atoms with E-state index < -0.39 is 0 Å². The third-order valence-corrected chi connectivity index (χ3v) is 4.41. The van der Waals surface area contributed by atoms with E-state index in [-0.39, 0.29) is 12.1 Å². The first kappa shape index (κ1) is 15.3. The van der Waals surface area contributed by atoms with Gasteiger partial charge in [0.1, 0.15) is 6.10 Å². The molecule has 1 unspecified atom stereocenters. The summed E-state index contributed by atoms with van der Waals surface area (Å²) in [5, 5.41) is 3.60. The average molecular weight is 325 g/mol. The largest absolute Gasteiger partial charge is 0.458 e. The van der Waals surface area contributed by atoms with Crippen LogP contribution >= 0.6 is 11.6 Å². The molecule has 1 aliphatic carbocycles. The summed E-state index contributed by atoms with van der Waals surface area (Å²) >= 11 is 5.76. The van der Waals surface area contributed by atoms with Gasteiger partial charge in [-0.05, 0) is 25.7 Å². The van der Waals surface area contributed by atoms with Crippen molar-refractivity contribution in [3.63, 3.8) is 0 Å². The highest BCUT2D eigenvalue weighted by Crippen LogP contribution is 2.19. The van der Waals surface area contributed by atoms with E-state index >= 15 is 0 Å². The molecule has 3 rings (SSSR count). The van der Waals surface area contributed by atoms with E-state index in [4.69, 9.17) is 16.3 Å². The van der Waals surface area contributed by atoms with E-state index in [0.29, 0.717) is 23.6 Å². The van der Waals surface area contributed by atoms with Crippen LogP contribution in [-0.4, -0.2) is 46.1 Å². The van der Waals surface area contributed by atoms with Crippen LogP contribution in [0.25, 0.3) is 0 Å². The van der Waals surface area contributed by atoms with Crippen molar-refractivity contribution in [2.75, 3.05) is 13.1 Å². The Morgan fingerprint density at radius 2 is 1.95 bits per heavy atom. The van der Waals surface area contributed by atoms with Crippen molar-refractivity contribution in [3.8, 4) is 6.01 Å². The van der Waals surface area contributed by atoms with Crippen LogP contribution < -0.4 is 10.1 Å². The van der Waals surface area contributed by atoms with Gasteiger partial charge in [-0.15, -0.1) is 0 Å². The lowest BCUT2D eigenvalue weighted by molar-refractivity contribution is 0.0929. The van der Waals surface area contributed by atoms with Gasteiger partial charge in [-0.3, -0.25) is 0 Å². The maximum absolute atomic E-state index is 12.3. The van der Waals surface area contributed by atoms with Gasteiger partial charge < -0.3 is 15.0 Å². The number of nitrogens with zero attached hydrogens (tertiary/aromatic N) is 3. The minimum absolute atomic E-state index is 0.0252. The molecule has 2 heterocycles. The third kappa shape index (κ3) is 4.00. The monoisotopic (exact) mass is 324 g/mol. The second kappa shape index (κ2) is 7.13. The van der Waals surface area contributed by atoms with Crippen molar-refractivity contribution in [3.05, 3.63) is 17.4 Å². The summed E-state index contributed by atoms with van der Waals surface area (Å²) in [5.74, 6) is 0. The highest BCUT2D eigenvalue weighted by molar-refractivity contribution is 6.30. The van der Waals surface area contributed by atoms with E-state index in [0.717, 1.165) is 32.2 Å². The number of hydrogen-bond donors (Lipinski definition) is 1. The van der Waals surface area contributed by atoms with Crippen LogP contribution in [0.1, 0.15) is 38.5 Å². The first-order valence-electron chi connectivity index (χ1n) is 7.90. The first-order chi connectivity index (χ1) is 10.7. The molecule has 1 aliphatic heterocycles. The summed E-state index contributed by atoms with van der Waals surface area (Å²) in [6.07, 6.45) is 9.40. The van der Waals surface area contributed by atoms with Gasteiger partial charge in [0.2, 0.25) is 0 Å². The highest BCUT2D eigenvalue weighted by Gasteiger charge is 2.27. The maximum Gasteiger partial charge on any atom is 0.317 e. The van der Waals surface area contributed by atoms with E-state index in [1.807, 2.05) is 4.90 Å². The Morgan fingerprint density at radius 3 is 2.68 bits per heavy atom. The van der Waals surface area contributed by atoms with Gasteiger partial charge in [0.25, 0.3) is 0 Å². The maximum atomic E-state index is 12.3.